The predicted octanol–water partition coefficient (Wildman–Crippen LogP) is 3.37. The molecule has 0 atom stereocenters. The van der Waals surface area contributed by atoms with Crippen molar-refractivity contribution < 1.29 is 14.3 Å². The Morgan fingerprint density at radius 2 is 1.86 bits per heavy atom. The molecule has 0 aliphatic rings. The van der Waals surface area contributed by atoms with E-state index < -0.39 is 0 Å². The second-order valence-electron chi connectivity index (χ2n) is 6.25. The third kappa shape index (κ3) is 5.41. The van der Waals surface area contributed by atoms with E-state index >= 15 is 0 Å². The van der Waals surface area contributed by atoms with Crippen LogP contribution in [0.25, 0.3) is 0 Å². The molecule has 3 rings (SSSR count). The second-order valence-corrected chi connectivity index (χ2v) is 6.25. The monoisotopic (exact) mass is 375 g/mol. The summed E-state index contributed by atoms with van der Waals surface area (Å²) in [4.78, 5) is 30.1. The van der Waals surface area contributed by atoms with Gasteiger partial charge in [-0.3, -0.25) is 14.6 Å². The third-order valence-corrected chi connectivity index (χ3v) is 3.99. The maximum absolute atomic E-state index is 12.3. The highest BCUT2D eigenvalue weighted by Crippen LogP contribution is 2.18. The molecule has 1 aromatic heterocycles. The Balaban J connectivity index is 1.54. The summed E-state index contributed by atoms with van der Waals surface area (Å²) in [5.74, 6) is 0.149. The lowest BCUT2D eigenvalue weighted by molar-refractivity contribution is -0.116. The van der Waals surface area contributed by atoms with Gasteiger partial charge in [0.2, 0.25) is 5.91 Å². The molecule has 1 N–H and O–H groups in total. The zero-order chi connectivity index (χ0) is 19.8. The number of hydrogen-bond acceptors (Lipinski definition) is 4. The molecule has 0 saturated heterocycles. The fourth-order valence-electron chi connectivity index (χ4n) is 2.60. The number of hydrogen-bond donors (Lipinski definition) is 1. The minimum atomic E-state index is -0.281. The lowest BCUT2D eigenvalue weighted by atomic mass is 10.2. The first-order valence-electron chi connectivity index (χ1n) is 8.84. The summed E-state index contributed by atoms with van der Waals surface area (Å²) >= 11 is 0. The normalized spacial score (nSPS) is 10.2. The van der Waals surface area contributed by atoms with Gasteiger partial charge in [-0.1, -0.05) is 30.3 Å². The molecule has 142 valence electrons. The van der Waals surface area contributed by atoms with Crippen LogP contribution in [-0.2, 0) is 11.4 Å². The largest absolute Gasteiger partial charge is 0.489 e. The molecule has 2 amide bonds. The number of nitrogens with one attached hydrogen (secondary N) is 1. The van der Waals surface area contributed by atoms with Gasteiger partial charge in [0.25, 0.3) is 5.91 Å². The van der Waals surface area contributed by atoms with Crippen LogP contribution in [-0.4, -0.2) is 35.3 Å². The molecule has 6 nitrogen and oxygen atoms in total. The molecule has 0 aliphatic heterocycles. The van der Waals surface area contributed by atoms with Gasteiger partial charge in [0.1, 0.15) is 12.4 Å². The fourth-order valence-corrected chi connectivity index (χ4v) is 2.60. The maximum Gasteiger partial charge on any atom is 0.254 e. The van der Waals surface area contributed by atoms with E-state index in [1.54, 1.807) is 61.9 Å². The van der Waals surface area contributed by atoms with Crippen LogP contribution in [0.1, 0.15) is 15.9 Å². The van der Waals surface area contributed by atoms with Crippen molar-refractivity contribution in [3.63, 3.8) is 0 Å². The average molecular weight is 375 g/mol. The van der Waals surface area contributed by atoms with Gasteiger partial charge >= 0.3 is 0 Å². The van der Waals surface area contributed by atoms with Crippen LogP contribution in [0.2, 0.25) is 0 Å². The first-order chi connectivity index (χ1) is 13.6. The van der Waals surface area contributed by atoms with E-state index in [0.717, 1.165) is 5.56 Å². The number of rotatable bonds is 7. The van der Waals surface area contributed by atoms with E-state index in [9.17, 15) is 9.59 Å². The number of likely N-dealkylation sites (N-methyl/N-ethyl adjacent to an activating group) is 1. The Hall–Kier alpha value is -3.67. The molecule has 1 heterocycles. The number of carbonyl (C=O) groups excluding carboxylic acids is 2. The quantitative estimate of drug-likeness (QED) is 0.687. The molecule has 0 radical (unpaired) electrons. The minimum absolute atomic E-state index is 0.0471. The number of anilines is 1. The van der Waals surface area contributed by atoms with Gasteiger partial charge in [-0.05, 0) is 30.3 Å². The Morgan fingerprint density at radius 1 is 1.04 bits per heavy atom. The number of carbonyl (C=O) groups is 2. The molecule has 0 unspecified atom stereocenters. The lowest BCUT2D eigenvalue weighted by Gasteiger charge is -2.17. The number of nitrogens with zero attached hydrogens (tertiary/aromatic N) is 2. The van der Waals surface area contributed by atoms with E-state index in [-0.39, 0.29) is 18.4 Å². The highest BCUT2D eigenvalue weighted by Gasteiger charge is 2.14. The summed E-state index contributed by atoms with van der Waals surface area (Å²) in [6.45, 7) is 0.341. The van der Waals surface area contributed by atoms with Crippen LogP contribution in [0.4, 0.5) is 5.69 Å². The van der Waals surface area contributed by atoms with Crippen molar-refractivity contribution in [2.75, 3.05) is 18.9 Å². The van der Waals surface area contributed by atoms with Crippen LogP contribution >= 0.6 is 0 Å². The number of aromatic nitrogens is 1. The molecule has 28 heavy (non-hydrogen) atoms. The molecule has 0 saturated carbocycles. The zero-order valence-electron chi connectivity index (χ0n) is 15.5. The third-order valence-electron chi connectivity index (χ3n) is 3.99. The highest BCUT2D eigenvalue weighted by molar-refractivity contribution is 5.99. The zero-order valence-corrected chi connectivity index (χ0v) is 15.5. The molecule has 6 heteroatoms. The van der Waals surface area contributed by atoms with Gasteiger partial charge in [0.05, 0.1) is 6.54 Å². The number of pyridine rings is 1. The Labute approximate surface area is 163 Å². The van der Waals surface area contributed by atoms with Crippen molar-refractivity contribution in [1.82, 2.24) is 9.88 Å². The smallest absolute Gasteiger partial charge is 0.254 e. The van der Waals surface area contributed by atoms with Gasteiger partial charge in [0.15, 0.2) is 0 Å². The summed E-state index contributed by atoms with van der Waals surface area (Å²) in [5, 5.41) is 2.79. The van der Waals surface area contributed by atoms with Crippen molar-refractivity contribution in [3.8, 4) is 5.75 Å². The van der Waals surface area contributed by atoms with Gasteiger partial charge in [0, 0.05) is 42.3 Å². The van der Waals surface area contributed by atoms with Crippen molar-refractivity contribution in [2.24, 2.45) is 0 Å². The predicted molar refractivity (Wildman–Crippen MR) is 107 cm³/mol. The Kier molecular flexibility index (Phi) is 6.36. The van der Waals surface area contributed by atoms with Crippen molar-refractivity contribution in [2.45, 2.75) is 6.61 Å². The van der Waals surface area contributed by atoms with Crippen LogP contribution in [0.15, 0.2) is 79.1 Å². The molecule has 0 spiro atoms. The second kappa shape index (κ2) is 9.32. The van der Waals surface area contributed by atoms with Crippen molar-refractivity contribution in [1.29, 1.82) is 0 Å². The number of ether oxygens (including phenoxy) is 1. The number of benzene rings is 2. The number of amides is 2. The van der Waals surface area contributed by atoms with Crippen molar-refractivity contribution >= 4 is 17.5 Å². The molecular formula is C22H21N3O3. The summed E-state index contributed by atoms with van der Waals surface area (Å²) < 4.78 is 5.74. The Bertz CT molecular complexity index is 930. The molecule has 3 aromatic rings. The molecule has 2 aromatic carbocycles. The first-order valence-corrected chi connectivity index (χ1v) is 8.84. The van der Waals surface area contributed by atoms with Gasteiger partial charge < -0.3 is 15.0 Å². The molecular weight excluding hydrogens is 354 g/mol. The van der Waals surface area contributed by atoms with Gasteiger partial charge in [-0.15, -0.1) is 0 Å². The Morgan fingerprint density at radius 3 is 2.61 bits per heavy atom. The van der Waals surface area contributed by atoms with Gasteiger partial charge in [-0.2, -0.15) is 0 Å². The van der Waals surface area contributed by atoms with E-state index in [2.05, 4.69) is 10.3 Å². The van der Waals surface area contributed by atoms with Gasteiger partial charge in [-0.25, -0.2) is 0 Å². The molecule has 0 bridgehead atoms. The maximum atomic E-state index is 12.3. The summed E-state index contributed by atoms with van der Waals surface area (Å²) in [7, 11) is 1.60. The lowest BCUT2D eigenvalue weighted by Crippen LogP contribution is -2.34. The van der Waals surface area contributed by atoms with Crippen LogP contribution in [0.3, 0.4) is 0 Å². The van der Waals surface area contributed by atoms with E-state index in [1.807, 2.05) is 24.3 Å². The average Bonchev–Trinajstić information content (AvgIpc) is 2.73. The summed E-state index contributed by atoms with van der Waals surface area (Å²) in [6.07, 6.45) is 3.45. The molecule has 0 fully saturated rings. The summed E-state index contributed by atoms with van der Waals surface area (Å²) in [6, 6.07) is 19.8. The highest BCUT2D eigenvalue weighted by atomic mass is 16.5. The standard InChI is InChI=1S/C22H21N3O3/c1-25(22(27)18-8-3-2-4-9-18)15-21(26)24-19-10-5-11-20(13-19)28-16-17-7-6-12-23-14-17/h2-14H,15-16H2,1H3,(H,24,26). The van der Waals surface area contributed by atoms with Crippen LogP contribution in [0.5, 0.6) is 5.75 Å². The fraction of sp³-hybridized carbons (Fsp3) is 0.136. The minimum Gasteiger partial charge on any atom is -0.489 e. The first kappa shape index (κ1) is 19.1. The van der Waals surface area contributed by atoms with Crippen LogP contribution in [0, 0.1) is 0 Å². The summed E-state index contributed by atoms with van der Waals surface area (Å²) in [5.41, 5.74) is 2.11. The topological polar surface area (TPSA) is 71.5 Å². The van der Waals surface area contributed by atoms with Crippen LogP contribution < -0.4 is 10.1 Å². The van der Waals surface area contributed by atoms with E-state index in [1.165, 1.54) is 4.90 Å². The van der Waals surface area contributed by atoms with E-state index in [0.29, 0.717) is 23.6 Å². The SMILES string of the molecule is CN(CC(=O)Nc1cccc(OCc2cccnc2)c1)C(=O)c1ccccc1. The van der Waals surface area contributed by atoms with E-state index in [4.69, 9.17) is 4.74 Å². The van der Waals surface area contributed by atoms with Crippen molar-refractivity contribution in [3.05, 3.63) is 90.3 Å². The molecule has 0 aliphatic carbocycles.